The van der Waals surface area contributed by atoms with Crippen molar-refractivity contribution >= 4 is 34.9 Å². The molecule has 7 heteroatoms. The molecular weight excluding hydrogens is 422 g/mol. The second-order valence-corrected chi connectivity index (χ2v) is 9.11. The maximum absolute atomic E-state index is 12.6. The van der Waals surface area contributed by atoms with Gasteiger partial charge in [0, 0.05) is 19.1 Å². The topological polar surface area (TPSA) is 69.7 Å². The van der Waals surface area contributed by atoms with Gasteiger partial charge in [-0.2, -0.15) is 0 Å². The zero-order valence-corrected chi connectivity index (χ0v) is 18.9. The molecule has 0 spiro atoms. The van der Waals surface area contributed by atoms with Crippen LogP contribution in [0.3, 0.4) is 0 Å². The minimum atomic E-state index is -0.311. The average molecular weight is 450 g/mol. The van der Waals surface area contributed by atoms with Crippen LogP contribution in [-0.2, 0) is 16.0 Å². The standard InChI is InChI=1S/C25H27N3O3S/c1-27(21-13-7-11-19-10-5-6-12-20(19)21)17-23(29)26-14-15-28-24(30)22(32-25(28)31)16-18-8-3-2-4-9-18/h2-6,8-10,12,16,21H,7,11,13-15,17H2,1H3,(H,26,29)/b22-16+/t21-/m0/s1. The first kappa shape index (κ1) is 22.3. The number of benzene rings is 2. The molecule has 0 saturated carbocycles. The fraction of sp³-hybridized carbons (Fsp3) is 0.320. The second-order valence-electron chi connectivity index (χ2n) is 8.12. The van der Waals surface area contributed by atoms with Gasteiger partial charge in [-0.15, -0.1) is 0 Å². The Morgan fingerprint density at radius 2 is 1.91 bits per heavy atom. The van der Waals surface area contributed by atoms with E-state index in [1.807, 2.05) is 43.4 Å². The van der Waals surface area contributed by atoms with Gasteiger partial charge in [-0.3, -0.25) is 24.2 Å². The zero-order chi connectivity index (χ0) is 22.5. The minimum Gasteiger partial charge on any atom is -0.353 e. The summed E-state index contributed by atoms with van der Waals surface area (Å²) in [6.45, 7) is 0.678. The van der Waals surface area contributed by atoms with Crippen molar-refractivity contribution in [3.8, 4) is 0 Å². The second kappa shape index (κ2) is 10.1. The van der Waals surface area contributed by atoms with Crippen LogP contribution in [0.5, 0.6) is 0 Å². The normalized spacial score (nSPS) is 19.5. The van der Waals surface area contributed by atoms with Crippen molar-refractivity contribution in [1.82, 2.24) is 15.1 Å². The summed E-state index contributed by atoms with van der Waals surface area (Å²) in [5, 5.41) is 2.55. The first-order valence-electron chi connectivity index (χ1n) is 10.9. The maximum atomic E-state index is 12.6. The molecule has 6 nitrogen and oxygen atoms in total. The van der Waals surface area contributed by atoms with Crippen molar-refractivity contribution in [2.24, 2.45) is 0 Å². The number of imide groups is 1. The van der Waals surface area contributed by atoms with Crippen molar-refractivity contribution < 1.29 is 14.4 Å². The van der Waals surface area contributed by atoms with Crippen molar-refractivity contribution in [2.75, 3.05) is 26.7 Å². The van der Waals surface area contributed by atoms with Gasteiger partial charge in [0.2, 0.25) is 5.91 Å². The largest absolute Gasteiger partial charge is 0.353 e. The van der Waals surface area contributed by atoms with E-state index < -0.39 is 0 Å². The molecule has 1 atom stereocenters. The molecule has 0 bridgehead atoms. The van der Waals surface area contributed by atoms with Crippen LogP contribution in [0.4, 0.5) is 4.79 Å². The molecule has 1 aliphatic heterocycles. The van der Waals surface area contributed by atoms with E-state index in [9.17, 15) is 14.4 Å². The van der Waals surface area contributed by atoms with Gasteiger partial charge >= 0.3 is 0 Å². The quantitative estimate of drug-likeness (QED) is 0.651. The summed E-state index contributed by atoms with van der Waals surface area (Å²) < 4.78 is 0. The first-order valence-corrected chi connectivity index (χ1v) is 11.7. The van der Waals surface area contributed by atoms with Crippen LogP contribution in [0.2, 0.25) is 0 Å². The van der Waals surface area contributed by atoms with E-state index in [1.165, 1.54) is 16.0 Å². The van der Waals surface area contributed by atoms with Crippen molar-refractivity contribution in [1.29, 1.82) is 0 Å². The summed E-state index contributed by atoms with van der Waals surface area (Å²) in [7, 11) is 1.97. The molecule has 1 fully saturated rings. The van der Waals surface area contributed by atoms with Crippen LogP contribution in [0.1, 0.15) is 35.6 Å². The SMILES string of the molecule is CN(CC(=O)NCCN1C(=O)S/C(=C/c2ccccc2)C1=O)[C@H]1CCCc2ccccc21. The number of hydrogen-bond acceptors (Lipinski definition) is 5. The van der Waals surface area contributed by atoms with Crippen molar-refractivity contribution in [2.45, 2.75) is 25.3 Å². The van der Waals surface area contributed by atoms with Crippen LogP contribution in [-0.4, -0.2) is 53.5 Å². The average Bonchev–Trinajstić information content (AvgIpc) is 3.06. The Kier molecular flexibility index (Phi) is 7.07. The lowest BCUT2D eigenvalue weighted by atomic mass is 9.87. The summed E-state index contributed by atoms with van der Waals surface area (Å²) >= 11 is 0.936. The van der Waals surface area contributed by atoms with E-state index in [0.717, 1.165) is 36.6 Å². The Bertz CT molecular complexity index is 1040. The summed E-state index contributed by atoms with van der Waals surface area (Å²) in [5.41, 5.74) is 3.54. The molecule has 2 aromatic carbocycles. The lowest BCUT2D eigenvalue weighted by molar-refractivity contribution is -0.125. The number of thioether (sulfide) groups is 1. The molecule has 2 aromatic rings. The van der Waals surface area contributed by atoms with Gasteiger partial charge in [0.15, 0.2) is 0 Å². The van der Waals surface area contributed by atoms with E-state index in [2.05, 4.69) is 28.4 Å². The molecule has 2 aliphatic rings. The van der Waals surface area contributed by atoms with Crippen molar-refractivity contribution in [3.05, 3.63) is 76.2 Å². The number of nitrogens with zero attached hydrogens (tertiary/aromatic N) is 2. The molecule has 3 amide bonds. The molecule has 0 unspecified atom stereocenters. The summed E-state index contributed by atoms with van der Waals surface area (Å²) in [4.78, 5) is 41.0. The van der Waals surface area contributed by atoms with E-state index in [0.29, 0.717) is 4.91 Å². The molecule has 0 aromatic heterocycles. The number of aryl methyl sites for hydroxylation is 1. The number of carbonyl (C=O) groups is 3. The van der Waals surface area contributed by atoms with Crippen LogP contribution >= 0.6 is 11.8 Å². The predicted molar refractivity (Wildman–Crippen MR) is 127 cm³/mol. The van der Waals surface area contributed by atoms with Gasteiger partial charge in [-0.05, 0) is 60.8 Å². The van der Waals surface area contributed by atoms with Gasteiger partial charge in [0.1, 0.15) is 0 Å². The summed E-state index contributed by atoms with van der Waals surface area (Å²) in [6, 6.07) is 18.1. The molecule has 1 aliphatic carbocycles. The van der Waals surface area contributed by atoms with E-state index in [4.69, 9.17) is 0 Å². The van der Waals surface area contributed by atoms with Gasteiger partial charge in [-0.25, -0.2) is 0 Å². The Labute approximate surface area is 192 Å². The molecule has 1 saturated heterocycles. The highest BCUT2D eigenvalue weighted by Gasteiger charge is 2.34. The van der Waals surface area contributed by atoms with Crippen LogP contribution in [0, 0.1) is 0 Å². The summed E-state index contributed by atoms with van der Waals surface area (Å²) in [5.74, 6) is -0.420. The fourth-order valence-electron chi connectivity index (χ4n) is 4.28. The number of rotatable bonds is 7. The lowest BCUT2D eigenvalue weighted by Gasteiger charge is -2.32. The van der Waals surface area contributed by atoms with Gasteiger partial charge in [0.25, 0.3) is 11.1 Å². The number of nitrogens with one attached hydrogen (secondary N) is 1. The van der Waals surface area contributed by atoms with Gasteiger partial charge in [0.05, 0.1) is 11.4 Å². The van der Waals surface area contributed by atoms with Crippen molar-refractivity contribution in [3.63, 3.8) is 0 Å². The highest BCUT2D eigenvalue weighted by molar-refractivity contribution is 8.18. The highest BCUT2D eigenvalue weighted by atomic mass is 32.2. The third-order valence-corrected chi connectivity index (χ3v) is 6.80. The molecular formula is C25H27N3O3S. The van der Waals surface area contributed by atoms with Gasteiger partial charge < -0.3 is 5.32 Å². The Hall–Kier alpha value is -2.90. The molecule has 166 valence electrons. The maximum Gasteiger partial charge on any atom is 0.293 e. The van der Waals surface area contributed by atoms with E-state index >= 15 is 0 Å². The van der Waals surface area contributed by atoms with Crippen LogP contribution in [0.15, 0.2) is 59.5 Å². The van der Waals surface area contributed by atoms with E-state index in [1.54, 1.807) is 6.08 Å². The number of likely N-dealkylation sites (N-methyl/N-ethyl adjacent to an activating group) is 1. The Balaban J connectivity index is 1.27. The third-order valence-electron chi connectivity index (χ3n) is 5.89. The minimum absolute atomic E-state index is 0.109. The first-order chi connectivity index (χ1) is 15.5. The molecule has 1 N–H and O–H groups in total. The zero-order valence-electron chi connectivity index (χ0n) is 18.1. The van der Waals surface area contributed by atoms with E-state index in [-0.39, 0.29) is 42.7 Å². The molecule has 32 heavy (non-hydrogen) atoms. The molecule has 1 heterocycles. The number of amides is 3. The highest BCUT2D eigenvalue weighted by Crippen LogP contribution is 2.33. The van der Waals surface area contributed by atoms with Crippen LogP contribution < -0.4 is 5.32 Å². The third kappa shape index (κ3) is 5.11. The summed E-state index contributed by atoms with van der Waals surface area (Å²) in [6.07, 6.45) is 4.96. The number of carbonyl (C=O) groups excluding carboxylic acids is 3. The number of fused-ring (bicyclic) bond motifs is 1. The smallest absolute Gasteiger partial charge is 0.293 e. The number of hydrogen-bond donors (Lipinski definition) is 1. The lowest BCUT2D eigenvalue weighted by Crippen LogP contribution is -2.42. The van der Waals surface area contributed by atoms with Crippen LogP contribution in [0.25, 0.3) is 6.08 Å². The predicted octanol–water partition coefficient (Wildman–Crippen LogP) is 3.85. The fourth-order valence-corrected chi connectivity index (χ4v) is 5.14. The monoisotopic (exact) mass is 449 g/mol. The Morgan fingerprint density at radius 1 is 1.16 bits per heavy atom. The van der Waals surface area contributed by atoms with Gasteiger partial charge in [-0.1, -0.05) is 54.6 Å². The molecule has 4 rings (SSSR count). The molecule has 0 radical (unpaired) electrons. The Morgan fingerprint density at radius 3 is 2.72 bits per heavy atom.